The molecule has 7 heteroatoms. The minimum atomic E-state index is -1.13. The number of nitrogens with one attached hydrogen (secondary N) is 2. The molecule has 0 heterocycles. The van der Waals surface area contributed by atoms with Crippen LogP contribution in [0.5, 0.6) is 0 Å². The topological polar surface area (TPSA) is 95.5 Å². The van der Waals surface area contributed by atoms with E-state index < -0.39 is 24.0 Å². The molecule has 2 atom stereocenters. The fourth-order valence-corrected chi connectivity index (χ4v) is 1.99. The standard InChI is InChI=1S/C15H19BrN2O4/c1-8(2)12(14(20)17-9(3)15(21)22)18-13(19)10-4-6-11(16)7-5-10/h4-9,12H,1-3H3,(H,17,20)(H,18,19)(H,21,22)/t9-,12-/m0/s1. The molecule has 0 spiro atoms. The maximum atomic E-state index is 12.2. The molecule has 0 aliphatic carbocycles. The number of rotatable bonds is 6. The Morgan fingerprint density at radius 2 is 1.59 bits per heavy atom. The van der Waals surface area contributed by atoms with Crippen molar-refractivity contribution >= 4 is 33.7 Å². The summed E-state index contributed by atoms with van der Waals surface area (Å²) in [7, 11) is 0. The Labute approximate surface area is 137 Å². The van der Waals surface area contributed by atoms with Gasteiger partial charge < -0.3 is 15.7 Å². The van der Waals surface area contributed by atoms with E-state index >= 15 is 0 Å². The molecule has 1 rings (SSSR count). The summed E-state index contributed by atoms with van der Waals surface area (Å²) in [6, 6.07) is 4.90. The summed E-state index contributed by atoms with van der Waals surface area (Å²) in [4.78, 5) is 35.1. The van der Waals surface area contributed by atoms with Crippen LogP contribution in [0, 0.1) is 5.92 Å². The van der Waals surface area contributed by atoms with Crippen LogP contribution in [-0.4, -0.2) is 35.0 Å². The SMILES string of the molecule is CC(C)[C@H](NC(=O)c1ccc(Br)cc1)C(=O)N[C@@H](C)C(=O)O. The highest BCUT2D eigenvalue weighted by Gasteiger charge is 2.27. The molecule has 6 nitrogen and oxygen atoms in total. The Morgan fingerprint density at radius 1 is 1.05 bits per heavy atom. The number of amides is 2. The van der Waals surface area contributed by atoms with Crippen molar-refractivity contribution in [3.8, 4) is 0 Å². The number of halogens is 1. The van der Waals surface area contributed by atoms with E-state index in [4.69, 9.17) is 5.11 Å². The Kier molecular flexibility index (Phi) is 6.55. The average molecular weight is 371 g/mol. The van der Waals surface area contributed by atoms with Crippen LogP contribution in [0.2, 0.25) is 0 Å². The number of hydrogen-bond acceptors (Lipinski definition) is 3. The highest BCUT2D eigenvalue weighted by atomic mass is 79.9. The lowest BCUT2D eigenvalue weighted by Gasteiger charge is -2.23. The van der Waals surface area contributed by atoms with Crippen LogP contribution in [0.3, 0.4) is 0 Å². The zero-order valence-electron chi connectivity index (χ0n) is 12.6. The van der Waals surface area contributed by atoms with Gasteiger partial charge in [-0.2, -0.15) is 0 Å². The van der Waals surface area contributed by atoms with Gasteiger partial charge in [0.15, 0.2) is 0 Å². The molecule has 0 aliphatic heterocycles. The van der Waals surface area contributed by atoms with E-state index in [1.54, 1.807) is 38.1 Å². The molecule has 0 saturated heterocycles. The molecular formula is C15H19BrN2O4. The average Bonchev–Trinajstić information content (AvgIpc) is 2.44. The lowest BCUT2D eigenvalue weighted by molar-refractivity contribution is -0.141. The van der Waals surface area contributed by atoms with Crippen molar-refractivity contribution in [3.05, 3.63) is 34.3 Å². The van der Waals surface area contributed by atoms with Crippen LogP contribution in [0.4, 0.5) is 0 Å². The Bertz CT molecular complexity index is 557. The molecule has 3 N–H and O–H groups in total. The van der Waals surface area contributed by atoms with Crippen molar-refractivity contribution in [1.29, 1.82) is 0 Å². The van der Waals surface area contributed by atoms with Crippen molar-refractivity contribution in [2.75, 3.05) is 0 Å². The highest BCUT2D eigenvalue weighted by molar-refractivity contribution is 9.10. The van der Waals surface area contributed by atoms with Crippen molar-refractivity contribution in [2.45, 2.75) is 32.9 Å². The first kappa shape index (κ1) is 18.2. The molecule has 0 aliphatic rings. The lowest BCUT2D eigenvalue weighted by Crippen LogP contribution is -2.53. The molecule has 120 valence electrons. The maximum absolute atomic E-state index is 12.2. The van der Waals surface area contributed by atoms with Crippen molar-refractivity contribution in [1.82, 2.24) is 10.6 Å². The van der Waals surface area contributed by atoms with Gasteiger partial charge in [0.2, 0.25) is 5.91 Å². The Morgan fingerprint density at radius 3 is 2.05 bits per heavy atom. The van der Waals surface area contributed by atoms with Crippen LogP contribution in [0.25, 0.3) is 0 Å². The number of carbonyl (C=O) groups excluding carboxylic acids is 2. The van der Waals surface area contributed by atoms with Gasteiger partial charge in [0.05, 0.1) is 0 Å². The molecule has 1 aromatic carbocycles. The molecule has 0 aromatic heterocycles. The lowest BCUT2D eigenvalue weighted by atomic mass is 10.0. The van der Waals surface area contributed by atoms with Crippen molar-refractivity contribution in [2.24, 2.45) is 5.92 Å². The number of aliphatic carboxylic acids is 1. The van der Waals surface area contributed by atoms with E-state index in [-0.39, 0.29) is 11.8 Å². The zero-order chi connectivity index (χ0) is 16.9. The van der Waals surface area contributed by atoms with E-state index in [2.05, 4.69) is 26.6 Å². The van der Waals surface area contributed by atoms with Crippen LogP contribution in [0.1, 0.15) is 31.1 Å². The fraction of sp³-hybridized carbons (Fsp3) is 0.400. The predicted octanol–water partition coefficient (Wildman–Crippen LogP) is 1.79. The van der Waals surface area contributed by atoms with Crippen molar-refractivity contribution in [3.63, 3.8) is 0 Å². The molecule has 0 fully saturated rings. The van der Waals surface area contributed by atoms with Gasteiger partial charge >= 0.3 is 5.97 Å². The minimum absolute atomic E-state index is 0.180. The first-order valence-electron chi connectivity index (χ1n) is 6.82. The molecule has 1 aromatic rings. The number of carboxylic acids is 1. The van der Waals surface area contributed by atoms with Gasteiger partial charge in [-0.3, -0.25) is 14.4 Å². The summed E-state index contributed by atoms with van der Waals surface area (Å²) in [5, 5.41) is 13.8. The normalized spacial score (nSPS) is 13.3. The van der Waals surface area contributed by atoms with Crippen LogP contribution < -0.4 is 10.6 Å². The van der Waals surface area contributed by atoms with E-state index in [0.29, 0.717) is 5.56 Å². The van der Waals surface area contributed by atoms with Gasteiger partial charge in [-0.05, 0) is 37.1 Å². The number of hydrogen-bond donors (Lipinski definition) is 3. The number of carbonyl (C=O) groups is 3. The van der Waals surface area contributed by atoms with E-state index in [0.717, 1.165) is 4.47 Å². The summed E-state index contributed by atoms with van der Waals surface area (Å²) < 4.78 is 0.845. The Hall–Kier alpha value is -1.89. The number of carboxylic acid groups (broad SMARTS) is 1. The summed E-state index contributed by atoms with van der Waals surface area (Å²) in [6.45, 7) is 4.92. The van der Waals surface area contributed by atoms with Gasteiger partial charge in [0.1, 0.15) is 12.1 Å². The molecule has 0 unspecified atom stereocenters. The minimum Gasteiger partial charge on any atom is -0.480 e. The summed E-state index contributed by atoms with van der Waals surface area (Å²) in [6.07, 6.45) is 0. The van der Waals surface area contributed by atoms with Gasteiger partial charge in [-0.1, -0.05) is 29.8 Å². The van der Waals surface area contributed by atoms with Crippen LogP contribution in [-0.2, 0) is 9.59 Å². The summed E-state index contributed by atoms with van der Waals surface area (Å²) in [5.74, 6) is -2.21. The second-order valence-corrected chi connectivity index (χ2v) is 6.19. The monoisotopic (exact) mass is 370 g/mol. The molecule has 22 heavy (non-hydrogen) atoms. The van der Waals surface area contributed by atoms with Gasteiger partial charge in [-0.25, -0.2) is 0 Å². The summed E-state index contributed by atoms with van der Waals surface area (Å²) in [5.41, 5.74) is 0.424. The first-order valence-corrected chi connectivity index (χ1v) is 7.61. The van der Waals surface area contributed by atoms with Gasteiger partial charge in [-0.15, -0.1) is 0 Å². The maximum Gasteiger partial charge on any atom is 0.325 e. The van der Waals surface area contributed by atoms with E-state index in [1.165, 1.54) is 6.92 Å². The first-order chi connectivity index (χ1) is 10.2. The van der Waals surface area contributed by atoms with E-state index in [1.807, 2.05) is 0 Å². The quantitative estimate of drug-likeness (QED) is 0.711. The van der Waals surface area contributed by atoms with Crippen molar-refractivity contribution < 1.29 is 19.5 Å². The Balaban J connectivity index is 2.79. The molecule has 0 saturated carbocycles. The second-order valence-electron chi connectivity index (χ2n) is 5.27. The fourth-order valence-electron chi connectivity index (χ4n) is 1.73. The van der Waals surface area contributed by atoms with Gasteiger partial charge in [0, 0.05) is 10.0 Å². The van der Waals surface area contributed by atoms with Gasteiger partial charge in [0.25, 0.3) is 5.91 Å². The zero-order valence-corrected chi connectivity index (χ0v) is 14.2. The third-order valence-corrected chi connectivity index (χ3v) is 3.60. The van der Waals surface area contributed by atoms with E-state index in [9.17, 15) is 14.4 Å². The van der Waals surface area contributed by atoms with Crippen LogP contribution in [0.15, 0.2) is 28.7 Å². The molecule has 0 bridgehead atoms. The summed E-state index contributed by atoms with van der Waals surface area (Å²) >= 11 is 3.28. The second kappa shape index (κ2) is 7.93. The third-order valence-electron chi connectivity index (χ3n) is 3.07. The molecule has 0 radical (unpaired) electrons. The third kappa shape index (κ3) is 5.14. The molecular weight excluding hydrogens is 352 g/mol. The molecule has 2 amide bonds. The largest absolute Gasteiger partial charge is 0.480 e. The highest BCUT2D eigenvalue weighted by Crippen LogP contribution is 2.11. The predicted molar refractivity (Wildman–Crippen MR) is 85.5 cm³/mol. The van der Waals surface area contributed by atoms with Crippen LogP contribution >= 0.6 is 15.9 Å². The number of benzene rings is 1. The smallest absolute Gasteiger partial charge is 0.325 e.